The molecule has 0 heterocycles. The van der Waals surface area contributed by atoms with Gasteiger partial charge in [-0.1, -0.05) is 23.7 Å². The van der Waals surface area contributed by atoms with Crippen LogP contribution in [-0.2, 0) is 17.8 Å². The summed E-state index contributed by atoms with van der Waals surface area (Å²) in [6.07, 6.45) is 0.184. The molecule has 78 valence electrons. The molecule has 0 aliphatic carbocycles. The van der Waals surface area contributed by atoms with Gasteiger partial charge in [-0.05, 0) is 30.5 Å². The lowest BCUT2D eigenvalue weighted by Crippen LogP contribution is -2.08. The molecule has 0 bridgehead atoms. The SMILES string of the molecule is COCc1cccc(Cl)c1CC(C)O. The number of benzene rings is 1. The van der Waals surface area contributed by atoms with Crippen LogP contribution in [0.25, 0.3) is 0 Å². The second kappa shape index (κ2) is 5.35. The molecule has 0 aliphatic rings. The Hall–Kier alpha value is -0.570. The molecule has 1 N–H and O–H groups in total. The smallest absolute Gasteiger partial charge is 0.0716 e. The van der Waals surface area contributed by atoms with Crippen molar-refractivity contribution in [2.24, 2.45) is 0 Å². The number of aliphatic hydroxyl groups excluding tert-OH is 1. The van der Waals surface area contributed by atoms with Crippen LogP contribution in [0.4, 0.5) is 0 Å². The molecule has 0 aliphatic heterocycles. The summed E-state index contributed by atoms with van der Waals surface area (Å²) in [6.45, 7) is 2.28. The minimum absolute atomic E-state index is 0.384. The lowest BCUT2D eigenvalue weighted by atomic mass is 10.0. The molecule has 1 rings (SSSR count). The van der Waals surface area contributed by atoms with Crippen LogP contribution in [0.2, 0.25) is 5.02 Å². The molecule has 1 aromatic rings. The third-order valence-corrected chi connectivity index (χ3v) is 2.37. The lowest BCUT2D eigenvalue weighted by molar-refractivity contribution is 0.178. The summed E-state index contributed by atoms with van der Waals surface area (Å²) in [7, 11) is 1.65. The molecule has 14 heavy (non-hydrogen) atoms. The maximum atomic E-state index is 9.32. The van der Waals surface area contributed by atoms with E-state index < -0.39 is 0 Å². The normalized spacial score (nSPS) is 12.9. The van der Waals surface area contributed by atoms with Crippen LogP contribution in [0.5, 0.6) is 0 Å². The molecule has 0 fully saturated rings. The molecule has 1 atom stereocenters. The van der Waals surface area contributed by atoms with Crippen LogP contribution in [0.3, 0.4) is 0 Å². The Bertz CT molecular complexity index is 297. The molecule has 0 radical (unpaired) electrons. The fourth-order valence-electron chi connectivity index (χ4n) is 1.42. The monoisotopic (exact) mass is 214 g/mol. The number of halogens is 1. The van der Waals surface area contributed by atoms with Gasteiger partial charge in [0.25, 0.3) is 0 Å². The fourth-order valence-corrected chi connectivity index (χ4v) is 1.69. The van der Waals surface area contributed by atoms with Crippen molar-refractivity contribution in [3.05, 3.63) is 34.3 Å². The number of hydrogen-bond donors (Lipinski definition) is 1. The lowest BCUT2D eigenvalue weighted by Gasteiger charge is -2.12. The second-order valence-corrected chi connectivity index (χ2v) is 3.77. The highest BCUT2D eigenvalue weighted by Gasteiger charge is 2.09. The van der Waals surface area contributed by atoms with Gasteiger partial charge >= 0.3 is 0 Å². The van der Waals surface area contributed by atoms with E-state index in [-0.39, 0.29) is 6.10 Å². The third-order valence-electron chi connectivity index (χ3n) is 2.02. The Balaban J connectivity index is 2.96. The van der Waals surface area contributed by atoms with E-state index >= 15 is 0 Å². The maximum Gasteiger partial charge on any atom is 0.0716 e. The van der Waals surface area contributed by atoms with Gasteiger partial charge in [-0.25, -0.2) is 0 Å². The largest absolute Gasteiger partial charge is 0.393 e. The van der Waals surface area contributed by atoms with Gasteiger partial charge in [0.05, 0.1) is 12.7 Å². The van der Waals surface area contributed by atoms with Crippen LogP contribution in [0, 0.1) is 0 Å². The second-order valence-electron chi connectivity index (χ2n) is 3.36. The van der Waals surface area contributed by atoms with Crippen molar-refractivity contribution in [1.29, 1.82) is 0 Å². The molecule has 1 unspecified atom stereocenters. The predicted octanol–water partition coefficient (Wildman–Crippen LogP) is 2.41. The Kier molecular flexibility index (Phi) is 4.39. The average Bonchev–Trinajstić information content (AvgIpc) is 2.11. The van der Waals surface area contributed by atoms with E-state index in [2.05, 4.69) is 0 Å². The van der Waals surface area contributed by atoms with E-state index in [4.69, 9.17) is 16.3 Å². The van der Waals surface area contributed by atoms with E-state index in [0.29, 0.717) is 18.1 Å². The molecule has 0 amide bonds. The molecular weight excluding hydrogens is 200 g/mol. The minimum atomic E-state index is -0.384. The highest BCUT2D eigenvalue weighted by Crippen LogP contribution is 2.22. The Morgan fingerprint density at radius 2 is 2.21 bits per heavy atom. The van der Waals surface area contributed by atoms with Gasteiger partial charge in [0.15, 0.2) is 0 Å². The number of rotatable bonds is 4. The summed E-state index contributed by atoms with van der Waals surface area (Å²) in [4.78, 5) is 0. The third kappa shape index (κ3) is 2.98. The minimum Gasteiger partial charge on any atom is -0.393 e. The van der Waals surface area contributed by atoms with Crippen molar-refractivity contribution < 1.29 is 9.84 Å². The van der Waals surface area contributed by atoms with Gasteiger partial charge in [0, 0.05) is 12.1 Å². The van der Waals surface area contributed by atoms with Crippen LogP contribution >= 0.6 is 11.6 Å². The summed E-state index contributed by atoms with van der Waals surface area (Å²) < 4.78 is 5.06. The van der Waals surface area contributed by atoms with Crippen molar-refractivity contribution in [1.82, 2.24) is 0 Å². The first-order valence-electron chi connectivity index (χ1n) is 4.58. The van der Waals surface area contributed by atoms with Gasteiger partial charge in [-0.15, -0.1) is 0 Å². The van der Waals surface area contributed by atoms with E-state index in [0.717, 1.165) is 11.1 Å². The van der Waals surface area contributed by atoms with Gasteiger partial charge in [0.2, 0.25) is 0 Å². The summed E-state index contributed by atoms with van der Waals surface area (Å²) in [5.41, 5.74) is 2.02. The van der Waals surface area contributed by atoms with Crippen LogP contribution in [0.1, 0.15) is 18.1 Å². The number of aliphatic hydroxyl groups is 1. The first-order chi connectivity index (χ1) is 6.65. The summed E-state index contributed by atoms with van der Waals surface area (Å²) in [6, 6.07) is 5.69. The van der Waals surface area contributed by atoms with Crippen LogP contribution in [-0.4, -0.2) is 18.3 Å². The molecule has 0 spiro atoms. The van der Waals surface area contributed by atoms with Crippen molar-refractivity contribution in [2.75, 3.05) is 7.11 Å². The first kappa shape index (κ1) is 11.5. The number of ether oxygens (including phenoxy) is 1. The van der Waals surface area contributed by atoms with Gasteiger partial charge in [-0.3, -0.25) is 0 Å². The molecule has 0 aromatic heterocycles. The molecule has 1 aromatic carbocycles. The molecule has 2 nitrogen and oxygen atoms in total. The number of hydrogen-bond acceptors (Lipinski definition) is 2. The van der Waals surface area contributed by atoms with Crippen LogP contribution < -0.4 is 0 Å². The number of methoxy groups -OCH3 is 1. The van der Waals surface area contributed by atoms with Crippen molar-refractivity contribution in [3.8, 4) is 0 Å². The summed E-state index contributed by atoms with van der Waals surface area (Å²) in [5.74, 6) is 0. The van der Waals surface area contributed by atoms with Gasteiger partial charge < -0.3 is 9.84 Å². The fraction of sp³-hybridized carbons (Fsp3) is 0.455. The quantitative estimate of drug-likeness (QED) is 0.834. The zero-order chi connectivity index (χ0) is 10.6. The molecule has 3 heteroatoms. The Labute approximate surface area is 89.5 Å². The van der Waals surface area contributed by atoms with Crippen molar-refractivity contribution >= 4 is 11.6 Å². The van der Waals surface area contributed by atoms with E-state index in [1.54, 1.807) is 14.0 Å². The summed E-state index contributed by atoms with van der Waals surface area (Å²) in [5, 5.41) is 10.0. The van der Waals surface area contributed by atoms with E-state index in [1.807, 2.05) is 18.2 Å². The van der Waals surface area contributed by atoms with Gasteiger partial charge in [-0.2, -0.15) is 0 Å². The highest BCUT2D eigenvalue weighted by molar-refractivity contribution is 6.31. The van der Waals surface area contributed by atoms with Crippen molar-refractivity contribution in [2.45, 2.75) is 26.1 Å². The van der Waals surface area contributed by atoms with E-state index in [1.165, 1.54) is 0 Å². The predicted molar refractivity (Wildman–Crippen MR) is 57.5 cm³/mol. The molecule has 0 saturated carbocycles. The van der Waals surface area contributed by atoms with Crippen molar-refractivity contribution in [3.63, 3.8) is 0 Å². The summed E-state index contributed by atoms with van der Waals surface area (Å²) >= 11 is 6.04. The molecular formula is C11H15ClO2. The Morgan fingerprint density at radius 1 is 1.50 bits per heavy atom. The van der Waals surface area contributed by atoms with Crippen LogP contribution in [0.15, 0.2) is 18.2 Å². The standard InChI is InChI=1S/C11H15ClO2/c1-8(13)6-10-9(7-14-2)4-3-5-11(10)12/h3-5,8,13H,6-7H2,1-2H3. The zero-order valence-corrected chi connectivity index (χ0v) is 9.21. The Morgan fingerprint density at radius 3 is 2.79 bits per heavy atom. The first-order valence-corrected chi connectivity index (χ1v) is 4.96. The molecule has 0 saturated heterocycles. The van der Waals surface area contributed by atoms with Gasteiger partial charge in [0.1, 0.15) is 0 Å². The zero-order valence-electron chi connectivity index (χ0n) is 8.46. The average molecular weight is 215 g/mol. The van der Waals surface area contributed by atoms with E-state index in [9.17, 15) is 5.11 Å². The maximum absolute atomic E-state index is 9.32. The highest BCUT2D eigenvalue weighted by atomic mass is 35.5. The topological polar surface area (TPSA) is 29.5 Å².